The van der Waals surface area contributed by atoms with Crippen molar-refractivity contribution in [2.45, 2.75) is 19.4 Å². The largest absolute Gasteiger partial charge is 0.489 e. The average Bonchev–Trinajstić information content (AvgIpc) is 3.18. The van der Waals surface area contributed by atoms with Gasteiger partial charge in [0.2, 0.25) is 0 Å². The normalized spacial score (nSPS) is 16.2. The third-order valence-corrected chi connectivity index (χ3v) is 6.95. The first-order valence-electron chi connectivity index (χ1n) is 11.3. The van der Waals surface area contributed by atoms with E-state index in [9.17, 15) is 14.9 Å². The Labute approximate surface area is 217 Å². The van der Waals surface area contributed by atoms with Crippen LogP contribution in [0, 0.1) is 11.3 Å². The van der Waals surface area contributed by atoms with Crippen LogP contribution in [0.4, 0.5) is 0 Å². The third kappa shape index (κ3) is 3.90. The van der Waals surface area contributed by atoms with E-state index in [4.69, 9.17) is 9.47 Å². The van der Waals surface area contributed by atoms with Crippen LogP contribution < -0.4 is 10.1 Å². The Morgan fingerprint density at radius 1 is 1.08 bits per heavy atom. The van der Waals surface area contributed by atoms with Gasteiger partial charge in [-0.15, -0.1) is 0 Å². The smallest absolute Gasteiger partial charge is 0.336 e. The predicted octanol–water partition coefficient (Wildman–Crippen LogP) is 5.64. The van der Waals surface area contributed by atoms with Gasteiger partial charge >= 0.3 is 5.97 Å². The fourth-order valence-electron chi connectivity index (χ4n) is 4.81. The highest BCUT2D eigenvalue weighted by atomic mass is 79.9. The van der Waals surface area contributed by atoms with Crippen molar-refractivity contribution in [3.05, 3.63) is 116 Å². The average molecular weight is 541 g/mol. The molecule has 3 aromatic rings. The van der Waals surface area contributed by atoms with Crippen LogP contribution in [0.25, 0.3) is 5.70 Å². The Balaban J connectivity index is 1.66. The first-order chi connectivity index (χ1) is 17.4. The Morgan fingerprint density at radius 3 is 2.56 bits per heavy atom. The second-order valence-corrected chi connectivity index (χ2v) is 9.41. The van der Waals surface area contributed by atoms with Crippen molar-refractivity contribution < 1.29 is 19.1 Å². The number of nitriles is 1. The van der Waals surface area contributed by atoms with E-state index in [1.165, 1.54) is 7.11 Å². The van der Waals surface area contributed by atoms with Crippen LogP contribution in [0.3, 0.4) is 0 Å². The molecule has 1 aliphatic carbocycles. The molecule has 1 unspecified atom stereocenters. The number of dihydropyridines is 1. The van der Waals surface area contributed by atoms with Crippen LogP contribution in [0.2, 0.25) is 0 Å². The minimum absolute atomic E-state index is 0.146. The van der Waals surface area contributed by atoms with Gasteiger partial charge in [0.1, 0.15) is 12.4 Å². The minimum atomic E-state index is -0.715. The first-order valence-corrected chi connectivity index (χ1v) is 12.1. The van der Waals surface area contributed by atoms with Crippen molar-refractivity contribution in [1.29, 1.82) is 5.26 Å². The lowest BCUT2D eigenvalue weighted by molar-refractivity contribution is -0.136. The fraction of sp³-hybridized carbons (Fsp3) is 0.138. The number of benzene rings is 3. The van der Waals surface area contributed by atoms with Gasteiger partial charge in [-0.1, -0.05) is 58.4 Å². The summed E-state index contributed by atoms with van der Waals surface area (Å²) in [5, 5.41) is 12.7. The van der Waals surface area contributed by atoms with Crippen LogP contribution in [0.15, 0.2) is 88.0 Å². The van der Waals surface area contributed by atoms with Gasteiger partial charge in [-0.2, -0.15) is 5.26 Å². The van der Waals surface area contributed by atoms with Crippen LogP contribution in [0.5, 0.6) is 5.75 Å². The van der Waals surface area contributed by atoms with Crippen LogP contribution in [-0.2, 0) is 16.1 Å². The predicted molar refractivity (Wildman–Crippen MR) is 138 cm³/mol. The number of ether oxygens (including phenoxy) is 2. The second kappa shape index (κ2) is 9.48. The molecule has 0 radical (unpaired) electrons. The van der Waals surface area contributed by atoms with Gasteiger partial charge < -0.3 is 14.8 Å². The number of nitrogens with zero attached hydrogens (tertiary/aromatic N) is 1. The summed E-state index contributed by atoms with van der Waals surface area (Å²) in [4.78, 5) is 26.7. The van der Waals surface area contributed by atoms with E-state index >= 15 is 0 Å². The molecular weight excluding hydrogens is 520 g/mol. The summed E-state index contributed by atoms with van der Waals surface area (Å²) in [6.45, 7) is 1.95. The lowest BCUT2D eigenvalue weighted by Crippen LogP contribution is -2.29. The number of methoxy groups -OCH3 is 1. The SMILES string of the molecule is COC(=O)C1=C(C)NC2=C(C(=O)c3ccccc32)C1c1cc(Br)ccc1OCc1ccccc1C#N. The number of nitrogens with one attached hydrogen (secondary N) is 1. The second-order valence-electron chi connectivity index (χ2n) is 8.49. The van der Waals surface area contributed by atoms with Crippen LogP contribution in [-0.4, -0.2) is 18.9 Å². The van der Waals surface area contributed by atoms with Crippen molar-refractivity contribution in [3.8, 4) is 11.8 Å². The molecular formula is C29H21BrN2O4. The zero-order valence-corrected chi connectivity index (χ0v) is 21.2. The summed E-state index contributed by atoms with van der Waals surface area (Å²) in [7, 11) is 1.33. The number of esters is 1. The van der Waals surface area contributed by atoms with Crippen molar-refractivity contribution in [3.63, 3.8) is 0 Å². The Bertz CT molecular complexity index is 1530. The number of hydrogen-bond acceptors (Lipinski definition) is 6. The Morgan fingerprint density at radius 2 is 1.81 bits per heavy atom. The summed E-state index contributed by atoms with van der Waals surface area (Å²) in [5.41, 5.74) is 5.40. The number of hydrogen-bond donors (Lipinski definition) is 1. The zero-order chi connectivity index (χ0) is 25.4. The first kappa shape index (κ1) is 23.6. The number of rotatable bonds is 5. The van der Waals surface area contributed by atoms with E-state index in [1.54, 1.807) is 31.2 Å². The van der Waals surface area contributed by atoms with E-state index < -0.39 is 11.9 Å². The molecule has 1 N–H and O–H groups in total. The summed E-state index contributed by atoms with van der Waals surface area (Å²) in [6, 6.07) is 22.3. The Kier molecular flexibility index (Phi) is 6.21. The lowest BCUT2D eigenvalue weighted by Gasteiger charge is -2.30. The highest BCUT2D eigenvalue weighted by Gasteiger charge is 2.43. The monoisotopic (exact) mass is 540 g/mol. The summed E-state index contributed by atoms with van der Waals surface area (Å²) < 4.78 is 12.1. The molecule has 3 aromatic carbocycles. The number of Topliss-reactive ketones (excluding diaryl/α,β-unsaturated/α-hetero) is 1. The van der Waals surface area contributed by atoms with Gasteiger partial charge in [0.25, 0.3) is 0 Å². The number of fused-ring (bicyclic) bond motifs is 2. The minimum Gasteiger partial charge on any atom is -0.489 e. The number of allylic oxidation sites excluding steroid dienone is 2. The summed E-state index contributed by atoms with van der Waals surface area (Å²) in [5.74, 6) is -0.885. The molecule has 0 amide bonds. The molecule has 0 spiro atoms. The van der Waals surface area contributed by atoms with E-state index in [-0.39, 0.29) is 12.4 Å². The number of carbonyl (C=O) groups is 2. The molecule has 0 saturated heterocycles. The van der Waals surface area contributed by atoms with E-state index in [2.05, 4.69) is 27.3 Å². The molecule has 178 valence electrons. The molecule has 0 saturated carbocycles. The summed E-state index contributed by atoms with van der Waals surface area (Å²) >= 11 is 3.54. The van der Waals surface area contributed by atoms with E-state index in [0.717, 1.165) is 15.6 Å². The topological polar surface area (TPSA) is 88.4 Å². The number of ketones is 1. The molecule has 36 heavy (non-hydrogen) atoms. The highest BCUT2D eigenvalue weighted by molar-refractivity contribution is 9.10. The van der Waals surface area contributed by atoms with Gasteiger partial charge in [-0.25, -0.2) is 4.79 Å². The zero-order valence-electron chi connectivity index (χ0n) is 19.6. The Hall–Kier alpha value is -4.15. The van der Waals surface area contributed by atoms with Gasteiger partial charge in [0.05, 0.1) is 35.9 Å². The maximum absolute atomic E-state index is 13.7. The maximum Gasteiger partial charge on any atom is 0.336 e. The number of halogens is 1. The highest BCUT2D eigenvalue weighted by Crippen LogP contribution is 2.49. The lowest BCUT2D eigenvalue weighted by atomic mass is 9.79. The van der Waals surface area contributed by atoms with Gasteiger partial charge in [0.15, 0.2) is 5.78 Å². The van der Waals surface area contributed by atoms with Crippen LogP contribution >= 0.6 is 15.9 Å². The molecule has 2 aliphatic rings. The van der Waals surface area contributed by atoms with Gasteiger partial charge in [0, 0.05) is 38.0 Å². The summed E-state index contributed by atoms with van der Waals surface area (Å²) in [6.07, 6.45) is 0. The standard InChI is InChI=1S/C29H21BrN2O4/c1-16-24(29(34)35-2)25(26-27(32-16)20-9-5-6-10-21(20)28(26)33)22-13-19(30)11-12-23(22)36-15-18-8-4-3-7-17(18)14-31/h3-13,25,32H,15H2,1-2H3. The third-order valence-electron chi connectivity index (χ3n) is 6.46. The molecule has 0 aromatic heterocycles. The number of carbonyl (C=O) groups excluding carboxylic acids is 2. The maximum atomic E-state index is 13.7. The van der Waals surface area contributed by atoms with Crippen molar-refractivity contribution in [2.24, 2.45) is 0 Å². The molecule has 7 heteroatoms. The van der Waals surface area contributed by atoms with E-state index in [1.807, 2.05) is 42.5 Å². The van der Waals surface area contributed by atoms with E-state index in [0.29, 0.717) is 45.0 Å². The van der Waals surface area contributed by atoms with Crippen molar-refractivity contribution in [2.75, 3.05) is 7.11 Å². The van der Waals surface area contributed by atoms with Crippen molar-refractivity contribution in [1.82, 2.24) is 5.32 Å². The molecule has 6 nitrogen and oxygen atoms in total. The van der Waals surface area contributed by atoms with Gasteiger partial charge in [-0.3, -0.25) is 4.79 Å². The molecule has 0 fully saturated rings. The van der Waals surface area contributed by atoms with Crippen molar-refractivity contribution >= 4 is 33.4 Å². The molecule has 1 atom stereocenters. The molecule has 0 bridgehead atoms. The molecule has 5 rings (SSSR count). The van der Waals surface area contributed by atoms with Gasteiger partial charge in [-0.05, 0) is 31.2 Å². The molecule has 1 heterocycles. The van der Waals surface area contributed by atoms with Crippen LogP contribution in [0.1, 0.15) is 45.5 Å². The molecule has 1 aliphatic heterocycles. The fourth-order valence-corrected chi connectivity index (χ4v) is 5.19. The quantitative estimate of drug-likeness (QED) is 0.421.